The van der Waals surface area contributed by atoms with Gasteiger partial charge in [-0.2, -0.15) is 0 Å². The van der Waals surface area contributed by atoms with Crippen molar-refractivity contribution in [1.29, 1.82) is 0 Å². The molecule has 1 unspecified atom stereocenters. The number of anilines is 1. The molecule has 4 aromatic carbocycles. The van der Waals surface area contributed by atoms with Gasteiger partial charge in [-0.3, -0.25) is 13.9 Å². The molecule has 0 aliphatic heterocycles. The number of sulfonamides is 1. The van der Waals surface area contributed by atoms with Gasteiger partial charge in [-0.05, 0) is 60.4 Å². The maximum absolute atomic E-state index is 14.7. The Labute approximate surface area is 297 Å². The number of nitrogens with one attached hydrogen (secondary N) is 1. The lowest BCUT2D eigenvalue weighted by atomic mass is 10.0. The van der Waals surface area contributed by atoms with Crippen LogP contribution in [-0.4, -0.2) is 58.0 Å². The summed E-state index contributed by atoms with van der Waals surface area (Å²) in [6.45, 7) is -0.669. The molecule has 0 radical (unpaired) electrons. The van der Waals surface area contributed by atoms with E-state index in [0.717, 1.165) is 35.6 Å². The lowest BCUT2D eigenvalue weighted by Crippen LogP contribution is -2.54. The van der Waals surface area contributed by atoms with E-state index in [0.29, 0.717) is 21.4 Å². The fourth-order valence-corrected chi connectivity index (χ4v) is 7.88. The van der Waals surface area contributed by atoms with Gasteiger partial charge in [0.05, 0.1) is 24.8 Å². The first-order valence-corrected chi connectivity index (χ1v) is 18.2. The van der Waals surface area contributed by atoms with E-state index < -0.39 is 28.5 Å². The number of rotatable bonds is 14. The van der Waals surface area contributed by atoms with Crippen molar-refractivity contribution >= 4 is 50.7 Å². The monoisotopic (exact) mass is 723 g/mol. The van der Waals surface area contributed by atoms with Crippen molar-refractivity contribution in [1.82, 2.24) is 10.2 Å². The molecule has 0 aromatic heterocycles. The summed E-state index contributed by atoms with van der Waals surface area (Å²) < 4.78 is 40.5. The minimum Gasteiger partial charge on any atom is -0.493 e. The summed E-state index contributed by atoms with van der Waals surface area (Å²) in [4.78, 5) is 30.2. The maximum Gasteiger partial charge on any atom is 0.264 e. The van der Waals surface area contributed by atoms with E-state index in [2.05, 4.69) is 5.32 Å². The summed E-state index contributed by atoms with van der Waals surface area (Å²) in [7, 11) is -1.48. The quantitative estimate of drug-likeness (QED) is 0.152. The third-order valence-corrected chi connectivity index (χ3v) is 11.0. The molecule has 5 rings (SSSR count). The number of nitrogens with zero attached hydrogens (tertiary/aromatic N) is 2. The zero-order valence-electron chi connectivity index (χ0n) is 27.4. The van der Waals surface area contributed by atoms with E-state index in [1.807, 2.05) is 30.3 Å². The molecule has 0 heterocycles. The van der Waals surface area contributed by atoms with Crippen molar-refractivity contribution < 1.29 is 27.5 Å². The molecule has 0 saturated heterocycles. The molecule has 2 amide bonds. The number of para-hydroxylation sites is 1. The number of methoxy groups -OCH3 is 2. The molecular formula is C37H39Cl2N3O6S. The molecule has 4 aromatic rings. The van der Waals surface area contributed by atoms with Gasteiger partial charge >= 0.3 is 0 Å². The molecule has 0 bridgehead atoms. The minimum atomic E-state index is -4.34. The van der Waals surface area contributed by atoms with Gasteiger partial charge in [-0.1, -0.05) is 90.6 Å². The Balaban J connectivity index is 1.58. The van der Waals surface area contributed by atoms with E-state index >= 15 is 0 Å². The van der Waals surface area contributed by atoms with E-state index in [1.165, 1.54) is 37.3 Å². The van der Waals surface area contributed by atoms with Crippen LogP contribution in [0.5, 0.6) is 11.5 Å². The number of ether oxygens (including phenoxy) is 2. The van der Waals surface area contributed by atoms with Gasteiger partial charge in [0.1, 0.15) is 12.6 Å². The second kappa shape index (κ2) is 16.4. The summed E-state index contributed by atoms with van der Waals surface area (Å²) in [6, 6.07) is 26.0. The van der Waals surface area contributed by atoms with Gasteiger partial charge < -0.3 is 19.7 Å². The van der Waals surface area contributed by atoms with Crippen LogP contribution in [0.3, 0.4) is 0 Å². The normalized spacial score (nSPS) is 13.8. The standard InChI is InChI=1S/C37H39Cl2N3O6S/c1-47-34-20-19-31(23-35(34)48-2)49(45,46)42(30-15-7-4-8-16-30)25-36(43)41(24-27-17-18-28(38)22-32(27)39)33(21-26-11-5-3-6-12-26)37(44)40-29-13-9-10-14-29/h3-8,11-12,15-20,22-23,29,33H,9-10,13-14,21,24-25H2,1-2H3,(H,40,44). The van der Waals surface area contributed by atoms with Gasteiger partial charge in [0.25, 0.3) is 10.0 Å². The number of carbonyl (C=O) groups is 2. The molecule has 1 atom stereocenters. The van der Waals surface area contributed by atoms with E-state index in [4.69, 9.17) is 32.7 Å². The van der Waals surface area contributed by atoms with Crippen LogP contribution in [0.25, 0.3) is 0 Å². The number of amides is 2. The molecule has 1 aliphatic rings. The van der Waals surface area contributed by atoms with Crippen molar-refractivity contribution in [3.05, 3.63) is 118 Å². The Morgan fingerprint density at radius 3 is 2.14 bits per heavy atom. The van der Waals surface area contributed by atoms with Crippen molar-refractivity contribution in [2.45, 2.75) is 55.6 Å². The second-order valence-electron chi connectivity index (χ2n) is 11.8. The molecule has 9 nitrogen and oxygen atoms in total. The van der Waals surface area contributed by atoms with Crippen molar-refractivity contribution in [3.8, 4) is 11.5 Å². The second-order valence-corrected chi connectivity index (χ2v) is 14.5. The predicted molar refractivity (Wildman–Crippen MR) is 192 cm³/mol. The maximum atomic E-state index is 14.7. The van der Waals surface area contributed by atoms with Crippen molar-refractivity contribution in [2.24, 2.45) is 0 Å². The summed E-state index contributed by atoms with van der Waals surface area (Å²) in [5, 5.41) is 3.90. The Morgan fingerprint density at radius 1 is 0.857 bits per heavy atom. The van der Waals surface area contributed by atoms with Crippen LogP contribution in [0.2, 0.25) is 10.0 Å². The van der Waals surface area contributed by atoms with E-state index in [9.17, 15) is 18.0 Å². The van der Waals surface area contributed by atoms with Crippen LogP contribution in [0.15, 0.2) is 102 Å². The number of hydrogen-bond donors (Lipinski definition) is 1. The Morgan fingerprint density at radius 2 is 1.51 bits per heavy atom. The number of halogens is 2. The zero-order valence-corrected chi connectivity index (χ0v) is 29.7. The third-order valence-electron chi connectivity index (χ3n) is 8.59. The highest BCUT2D eigenvalue weighted by Crippen LogP contribution is 2.33. The van der Waals surface area contributed by atoms with E-state index in [1.54, 1.807) is 48.5 Å². The number of carbonyl (C=O) groups excluding carboxylic acids is 2. The summed E-state index contributed by atoms with van der Waals surface area (Å²) in [5.74, 6) is -0.343. The molecule has 0 spiro atoms. The smallest absolute Gasteiger partial charge is 0.264 e. The van der Waals surface area contributed by atoms with Gasteiger partial charge in [-0.25, -0.2) is 8.42 Å². The van der Waals surface area contributed by atoms with Crippen LogP contribution in [0.1, 0.15) is 36.8 Å². The SMILES string of the molecule is COc1ccc(S(=O)(=O)N(CC(=O)N(Cc2ccc(Cl)cc2Cl)C(Cc2ccccc2)C(=O)NC2CCCC2)c2ccccc2)cc1OC. The first kappa shape index (κ1) is 36.0. The summed E-state index contributed by atoms with van der Waals surface area (Å²) in [6.07, 6.45) is 3.93. The molecule has 1 saturated carbocycles. The fourth-order valence-electron chi connectivity index (χ4n) is 5.98. The Kier molecular flexibility index (Phi) is 12.1. The molecule has 1 aliphatic carbocycles. The average molecular weight is 725 g/mol. The van der Waals surface area contributed by atoms with Crippen molar-refractivity contribution in [2.75, 3.05) is 25.1 Å². The topological polar surface area (TPSA) is 105 Å². The van der Waals surface area contributed by atoms with Crippen LogP contribution >= 0.6 is 23.2 Å². The fraction of sp³-hybridized carbons (Fsp3) is 0.297. The molecule has 49 heavy (non-hydrogen) atoms. The van der Waals surface area contributed by atoms with E-state index in [-0.39, 0.29) is 41.2 Å². The van der Waals surface area contributed by atoms with Crippen LogP contribution < -0.4 is 19.1 Å². The van der Waals surface area contributed by atoms with Gasteiger partial charge in [0.15, 0.2) is 11.5 Å². The summed E-state index contributed by atoms with van der Waals surface area (Å²) in [5.41, 5.74) is 1.66. The third kappa shape index (κ3) is 8.86. The highest BCUT2D eigenvalue weighted by Gasteiger charge is 2.36. The van der Waals surface area contributed by atoms with Gasteiger partial charge in [-0.15, -0.1) is 0 Å². The molecule has 1 fully saturated rings. The molecule has 258 valence electrons. The van der Waals surface area contributed by atoms with Crippen LogP contribution in [0.4, 0.5) is 5.69 Å². The first-order valence-electron chi connectivity index (χ1n) is 16.0. The summed E-state index contributed by atoms with van der Waals surface area (Å²) >= 11 is 12.8. The number of hydrogen-bond acceptors (Lipinski definition) is 6. The van der Waals surface area contributed by atoms with Gasteiger partial charge in [0, 0.05) is 35.1 Å². The largest absolute Gasteiger partial charge is 0.493 e. The van der Waals surface area contributed by atoms with Gasteiger partial charge in [0.2, 0.25) is 11.8 Å². The highest BCUT2D eigenvalue weighted by molar-refractivity contribution is 7.92. The van der Waals surface area contributed by atoms with Crippen LogP contribution in [0, 0.1) is 0 Å². The van der Waals surface area contributed by atoms with Crippen LogP contribution in [-0.2, 0) is 32.6 Å². The first-order chi connectivity index (χ1) is 23.6. The highest BCUT2D eigenvalue weighted by atomic mass is 35.5. The zero-order chi connectivity index (χ0) is 35.0. The molecule has 12 heteroatoms. The average Bonchev–Trinajstić information content (AvgIpc) is 3.62. The predicted octanol–water partition coefficient (Wildman–Crippen LogP) is 6.90. The molecular weight excluding hydrogens is 685 g/mol. The minimum absolute atomic E-state index is 0.00640. The Bertz CT molecular complexity index is 1850. The lowest BCUT2D eigenvalue weighted by Gasteiger charge is -2.34. The molecule has 1 N–H and O–H groups in total. The van der Waals surface area contributed by atoms with Crippen molar-refractivity contribution in [3.63, 3.8) is 0 Å². The Hall–Kier alpha value is -4.25. The number of benzene rings is 4. The lowest BCUT2D eigenvalue weighted by molar-refractivity contribution is -0.140.